The number of nitrogens with one attached hydrogen (secondary N) is 1. The summed E-state index contributed by atoms with van der Waals surface area (Å²) in [5, 5.41) is 8.89. The maximum Gasteiger partial charge on any atom is 0.176 e. The Morgan fingerprint density at radius 2 is 2.33 bits per heavy atom. The molecule has 0 saturated carbocycles. The van der Waals surface area contributed by atoms with E-state index in [4.69, 9.17) is 5.73 Å². The predicted octanol–water partition coefficient (Wildman–Crippen LogP) is -0.639. The van der Waals surface area contributed by atoms with Gasteiger partial charge in [0.05, 0.1) is 0 Å². The van der Waals surface area contributed by atoms with Crippen molar-refractivity contribution >= 4 is 12.1 Å². The van der Waals surface area contributed by atoms with Gasteiger partial charge in [0.25, 0.3) is 0 Å². The number of aromatic amines is 1. The summed E-state index contributed by atoms with van der Waals surface area (Å²) >= 11 is 0. The molecule has 0 aliphatic heterocycles. The number of nitrogens with two attached hydrogens (primary N) is 1. The number of rotatable bonds is 1. The van der Waals surface area contributed by atoms with Crippen LogP contribution in [0.2, 0.25) is 0 Å². The van der Waals surface area contributed by atoms with Crippen molar-refractivity contribution in [3.8, 4) is 0 Å². The van der Waals surface area contributed by atoms with Crippen LogP contribution in [-0.2, 0) is 0 Å². The summed E-state index contributed by atoms with van der Waals surface area (Å²) < 4.78 is 0. The minimum Gasteiger partial charge on any atom is -0.380 e. The summed E-state index contributed by atoms with van der Waals surface area (Å²) in [5.41, 5.74) is 5.34. The SMILES string of the molecule is N.Nc1nn[nH]c1C=O. The molecule has 0 fully saturated rings. The number of nitrogens with zero attached hydrogens (tertiary/aromatic N) is 2. The number of hydrogen-bond donors (Lipinski definition) is 3. The Bertz CT molecular complexity index is 194. The van der Waals surface area contributed by atoms with Crippen LogP contribution in [0.4, 0.5) is 5.82 Å². The quantitative estimate of drug-likeness (QED) is 0.435. The monoisotopic (exact) mass is 129 g/mol. The molecule has 0 spiro atoms. The van der Waals surface area contributed by atoms with Crippen molar-refractivity contribution in [2.24, 2.45) is 0 Å². The molecule has 0 atom stereocenters. The number of nitrogen functional groups attached to an aromatic ring is 1. The first-order chi connectivity index (χ1) is 3.84. The van der Waals surface area contributed by atoms with Gasteiger partial charge in [-0.05, 0) is 0 Å². The number of hydrogen-bond acceptors (Lipinski definition) is 5. The van der Waals surface area contributed by atoms with Crippen LogP contribution >= 0.6 is 0 Å². The first-order valence-corrected chi connectivity index (χ1v) is 1.96. The highest BCUT2D eigenvalue weighted by molar-refractivity contribution is 5.77. The smallest absolute Gasteiger partial charge is 0.176 e. The predicted molar refractivity (Wildman–Crippen MR) is 31.2 cm³/mol. The van der Waals surface area contributed by atoms with Crippen LogP contribution in [0.25, 0.3) is 0 Å². The normalized spacial score (nSPS) is 8.00. The molecule has 1 rings (SSSR count). The van der Waals surface area contributed by atoms with E-state index < -0.39 is 0 Å². The summed E-state index contributed by atoms with van der Waals surface area (Å²) in [6.07, 6.45) is 0.565. The Balaban J connectivity index is 0.000000640. The number of anilines is 1. The number of carbonyl (C=O) groups is 1. The number of aldehydes is 1. The van der Waals surface area contributed by atoms with Gasteiger partial charge in [0.1, 0.15) is 5.69 Å². The van der Waals surface area contributed by atoms with E-state index in [-0.39, 0.29) is 17.7 Å². The Labute approximate surface area is 51.0 Å². The average Bonchev–Trinajstić information content (AvgIpc) is 2.14. The number of H-pyrrole nitrogens is 1. The molecule has 0 radical (unpaired) electrons. The second-order valence-corrected chi connectivity index (χ2v) is 1.23. The topological polar surface area (TPSA) is 120 Å². The second kappa shape index (κ2) is 2.78. The molecule has 50 valence electrons. The Morgan fingerprint density at radius 1 is 1.67 bits per heavy atom. The summed E-state index contributed by atoms with van der Waals surface area (Å²) in [5.74, 6) is 0.139. The lowest BCUT2D eigenvalue weighted by Crippen LogP contribution is -1.89. The van der Waals surface area contributed by atoms with E-state index in [2.05, 4.69) is 15.4 Å². The maximum atomic E-state index is 9.90. The Morgan fingerprint density at radius 3 is 2.56 bits per heavy atom. The fourth-order valence-electron chi connectivity index (χ4n) is 0.331. The van der Waals surface area contributed by atoms with Crippen LogP contribution in [0.1, 0.15) is 10.5 Å². The van der Waals surface area contributed by atoms with Gasteiger partial charge in [0.15, 0.2) is 12.1 Å². The standard InChI is InChI=1S/C3H4N4O.H3N/c4-3-2(1-8)5-7-6-3;/h1H,(H3,4,5,6,7);1H3. The average molecular weight is 129 g/mol. The van der Waals surface area contributed by atoms with E-state index in [9.17, 15) is 4.79 Å². The lowest BCUT2D eigenvalue weighted by molar-refractivity contribution is 0.112. The minimum atomic E-state index is 0. The van der Waals surface area contributed by atoms with Crippen molar-refractivity contribution < 1.29 is 4.79 Å². The van der Waals surface area contributed by atoms with E-state index >= 15 is 0 Å². The molecule has 0 saturated heterocycles. The van der Waals surface area contributed by atoms with Gasteiger partial charge in [-0.3, -0.25) is 9.89 Å². The maximum absolute atomic E-state index is 9.90. The van der Waals surface area contributed by atoms with Crippen LogP contribution in [0, 0.1) is 0 Å². The van der Waals surface area contributed by atoms with Crippen molar-refractivity contribution in [2.75, 3.05) is 5.73 Å². The van der Waals surface area contributed by atoms with Gasteiger partial charge >= 0.3 is 0 Å². The Kier molecular flexibility index (Phi) is 2.33. The van der Waals surface area contributed by atoms with Gasteiger partial charge in [-0.25, -0.2) is 0 Å². The summed E-state index contributed by atoms with van der Waals surface area (Å²) in [6, 6.07) is 0. The molecule has 0 aromatic carbocycles. The highest BCUT2D eigenvalue weighted by atomic mass is 16.1. The van der Waals surface area contributed by atoms with Crippen LogP contribution in [0.3, 0.4) is 0 Å². The van der Waals surface area contributed by atoms with Crippen molar-refractivity contribution in [3.63, 3.8) is 0 Å². The largest absolute Gasteiger partial charge is 0.380 e. The third kappa shape index (κ3) is 1.23. The van der Waals surface area contributed by atoms with Crippen LogP contribution in [0.15, 0.2) is 0 Å². The van der Waals surface area contributed by atoms with Gasteiger partial charge in [-0.15, -0.1) is 5.10 Å². The van der Waals surface area contributed by atoms with Gasteiger partial charge < -0.3 is 11.9 Å². The summed E-state index contributed by atoms with van der Waals surface area (Å²) in [4.78, 5) is 9.90. The molecule has 1 aromatic rings. The van der Waals surface area contributed by atoms with E-state index in [0.717, 1.165) is 0 Å². The van der Waals surface area contributed by atoms with Crippen LogP contribution in [0.5, 0.6) is 0 Å². The fourth-order valence-corrected chi connectivity index (χ4v) is 0.331. The zero-order chi connectivity index (χ0) is 5.98. The molecule has 1 heterocycles. The zero-order valence-corrected chi connectivity index (χ0v) is 4.66. The Hall–Kier alpha value is -1.43. The number of carbonyl (C=O) groups excluding carboxylic acids is 1. The van der Waals surface area contributed by atoms with Crippen LogP contribution < -0.4 is 11.9 Å². The van der Waals surface area contributed by atoms with Crippen molar-refractivity contribution in [1.29, 1.82) is 0 Å². The van der Waals surface area contributed by atoms with Crippen molar-refractivity contribution in [2.45, 2.75) is 0 Å². The van der Waals surface area contributed by atoms with Crippen LogP contribution in [-0.4, -0.2) is 21.7 Å². The molecule has 0 unspecified atom stereocenters. The molecule has 9 heavy (non-hydrogen) atoms. The van der Waals surface area contributed by atoms with Gasteiger partial charge in [0, 0.05) is 0 Å². The van der Waals surface area contributed by atoms with Crippen molar-refractivity contribution in [1.82, 2.24) is 21.6 Å². The first-order valence-electron chi connectivity index (χ1n) is 1.96. The minimum absolute atomic E-state index is 0. The third-order valence-corrected chi connectivity index (χ3v) is 0.722. The molecule has 0 aliphatic carbocycles. The highest BCUT2D eigenvalue weighted by Gasteiger charge is 1.96. The molecule has 0 aliphatic rings. The zero-order valence-electron chi connectivity index (χ0n) is 4.66. The third-order valence-electron chi connectivity index (χ3n) is 0.722. The summed E-state index contributed by atoms with van der Waals surface area (Å²) in [6.45, 7) is 0. The molecular weight excluding hydrogens is 122 g/mol. The highest BCUT2D eigenvalue weighted by Crippen LogP contribution is 1.94. The molecule has 0 bridgehead atoms. The molecule has 0 amide bonds. The summed E-state index contributed by atoms with van der Waals surface area (Å²) in [7, 11) is 0. The lowest BCUT2D eigenvalue weighted by atomic mass is 10.5. The second-order valence-electron chi connectivity index (χ2n) is 1.23. The van der Waals surface area contributed by atoms with Crippen molar-refractivity contribution in [3.05, 3.63) is 5.69 Å². The molecule has 6 N–H and O–H groups in total. The molecule has 6 heteroatoms. The van der Waals surface area contributed by atoms with E-state index in [0.29, 0.717) is 6.29 Å². The van der Waals surface area contributed by atoms with Gasteiger partial charge in [0.2, 0.25) is 0 Å². The van der Waals surface area contributed by atoms with E-state index in [1.807, 2.05) is 0 Å². The van der Waals surface area contributed by atoms with E-state index in [1.165, 1.54) is 0 Å². The molecule has 6 nitrogen and oxygen atoms in total. The van der Waals surface area contributed by atoms with Gasteiger partial charge in [-0.1, -0.05) is 5.21 Å². The number of aromatic nitrogens is 3. The van der Waals surface area contributed by atoms with Gasteiger partial charge in [-0.2, -0.15) is 0 Å². The van der Waals surface area contributed by atoms with E-state index in [1.54, 1.807) is 0 Å². The fraction of sp³-hybridized carbons (Fsp3) is 0. The first kappa shape index (κ1) is 7.57. The molecule has 1 aromatic heterocycles. The lowest BCUT2D eigenvalue weighted by Gasteiger charge is -1.76. The molecular formula is C3H7N5O.